The van der Waals surface area contributed by atoms with E-state index in [1.807, 2.05) is 0 Å². The van der Waals surface area contributed by atoms with Gasteiger partial charge in [-0.3, -0.25) is 14.5 Å². The summed E-state index contributed by atoms with van der Waals surface area (Å²) in [5.41, 5.74) is 0. The SMILES string of the molecule is O=C1CCC(=O)N1C[C@H]1O[C@@H]2O[C@H]3[C@H](O)[C@H](O)[C@@H](O[C@H]4[C@H](O)[C@H](O)[C@@H](O[C@H]5[C@H](O)[C@@H](O)[C@@H](O[C@H]6[C@H](O)[C@@H](O)[C@@H](O[C@H]7[C@H](O)[C@@H](O)[C@@H](O[C@H]8[C@H](O)[C@@H](O)[C@@H](O[C@H]1[C@H](O)[C@H]2O)O[C@@H]8CO)O[C@@H]7CO)O[C@@H]6CO)O[C@@H]5CO)O[C@@H]4CO)O[C@@H]3CO. The number of rotatable bonds is 8. The fourth-order valence-corrected chi connectivity index (χ4v) is 11.4. The fraction of sp³-hybridized carbons (Fsp3) is 0.957. The molecule has 37 nitrogen and oxygen atoms in total. The largest absolute Gasteiger partial charge is 0.394 e. The Balaban J connectivity index is 1.02. The molecule has 22 heterocycles. The first kappa shape index (κ1) is 65.2. The van der Waals surface area contributed by atoms with E-state index in [1.165, 1.54) is 0 Å². The van der Waals surface area contributed by atoms with Gasteiger partial charge in [-0.05, 0) is 0 Å². The summed E-state index contributed by atoms with van der Waals surface area (Å²) in [6, 6.07) is 0. The summed E-state index contributed by atoms with van der Waals surface area (Å²) in [7, 11) is 0. The van der Waals surface area contributed by atoms with Gasteiger partial charge in [-0.25, -0.2) is 0 Å². The molecule has 0 aromatic heterocycles. The first-order valence-corrected chi connectivity index (χ1v) is 26.7. The first-order chi connectivity index (χ1) is 39.5. The van der Waals surface area contributed by atoms with Crippen molar-refractivity contribution >= 4 is 11.8 Å². The van der Waals surface area contributed by atoms with Crippen LogP contribution in [0.1, 0.15) is 12.8 Å². The van der Waals surface area contributed by atoms with Crippen LogP contribution in [0.2, 0.25) is 0 Å². The van der Waals surface area contributed by atoms with Crippen molar-refractivity contribution in [3.63, 3.8) is 0 Å². The molecule has 0 unspecified atom stereocenters. The number of hydrogen-bond acceptors (Lipinski definition) is 36. The second-order valence-electron chi connectivity index (χ2n) is 21.4. The summed E-state index contributed by atoms with van der Waals surface area (Å²) < 4.78 is 80.5. The van der Waals surface area contributed by atoms with E-state index >= 15 is 0 Å². The van der Waals surface area contributed by atoms with Crippen LogP contribution in [0.25, 0.3) is 0 Å². The summed E-state index contributed by atoms with van der Waals surface area (Å²) >= 11 is 0. The lowest BCUT2D eigenvalue weighted by molar-refractivity contribution is -0.396. The average Bonchev–Trinajstić information content (AvgIpc) is 3.46. The fourth-order valence-electron chi connectivity index (χ4n) is 11.4. The van der Waals surface area contributed by atoms with Gasteiger partial charge in [-0.2, -0.15) is 0 Å². The Morgan fingerprint density at radius 2 is 0.410 bits per heavy atom. The summed E-state index contributed by atoms with van der Waals surface area (Å²) in [5, 5.41) is 223. The Morgan fingerprint density at radius 3 is 0.578 bits per heavy atom. The van der Waals surface area contributed by atoms with Crippen molar-refractivity contribution < 1.29 is 178 Å². The van der Waals surface area contributed by atoms with E-state index in [9.17, 15) is 112 Å². The van der Waals surface area contributed by atoms with Crippen LogP contribution < -0.4 is 0 Å². The Morgan fingerprint density at radius 1 is 0.253 bits per heavy atom. The van der Waals surface area contributed by atoms with Crippen molar-refractivity contribution in [1.29, 1.82) is 0 Å². The Labute approximate surface area is 468 Å². The predicted octanol–water partition coefficient (Wildman–Crippen LogP) is -15.1. The molecule has 0 saturated carbocycles. The van der Waals surface area contributed by atoms with Crippen LogP contribution in [0.4, 0.5) is 0 Å². The molecule has 478 valence electrons. The number of carbonyl (C=O) groups excluding carboxylic acids is 2. The van der Waals surface area contributed by atoms with Gasteiger partial charge in [-0.1, -0.05) is 0 Å². The molecule has 0 spiro atoms. The topological polar surface area (TPSA) is 571 Å². The molecular weight excluding hydrogens is 1140 g/mol. The Bertz CT molecular complexity index is 2090. The number of imide groups is 1. The van der Waals surface area contributed by atoms with Crippen molar-refractivity contribution in [3.8, 4) is 0 Å². The van der Waals surface area contributed by atoms with Gasteiger partial charge >= 0.3 is 0 Å². The molecule has 0 radical (unpaired) electrons. The minimum atomic E-state index is -2.29. The second kappa shape index (κ2) is 27.3. The zero-order valence-electron chi connectivity index (χ0n) is 43.5. The van der Waals surface area contributed by atoms with Crippen molar-refractivity contribution in [2.24, 2.45) is 0 Å². The minimum Gasteiger partial charge on any atom is -0.394 e. The van der Waals surface area contributed by atoms with Crippen molar-refractivity contribution in [2.75, 3.05) is 46.2 Å². The van der Waals surface area contributed by atoms with Crippen LogP contribution in [0.5, 0.6) is 0 Å². The third-order valence-electron chi connectivity index (χ3n) is 16.1. The van der Waals surface area contributed by atoms with E-state index in [0.29, 0.717) is 4.90 Å². The van der Waals surface area contributed by atoms with Crippen LogP contribution >= 0.6 is 0 Å². The zero-order valence-corrected chi connectivity index (χ0v) is 43.5. The zero-order chi connectivity index (χ0) is 60.2. The highest BCUT2D eigenvalue weighted by Gasteiger charge is 2.60. The van der Waals surface area contributed by atoms with Gasteiger partial charge in [0.15, 0.2) is 44.0 Å². The minimum absolute atomic E-state index is 0.261. The van der Waals surface area contributed by atoms with Crippen molar-refractivity contribution in [3.05, 3.63) is 0 Å². The molecule has 83 heavy (non-hydrogen) atoms. The first-order valence-electron chi connectivity index (χ1n) is 26.7. The third-order valence-corrected chi connectivity index (χ3v) is 16.1. The highest BCUT2D eigenvalue weighted by molar-refractivity contribution is 6.01. The molecule has 0 aliphatic carbocycles. The maximum absolute atomic E-state index is 12.9. The monoisotopic (exact) mass is 1220 g/mol. The average molecular weight is 1220 g/mol. The van der Waals surface area contributed by atoms with E-state index in [4.69, 9.17) is 66.3 Å². The van der Waals surface area contributed by atoms with E-state index in [2.05, 4.69) is 0 Å². The molecular formula is C46H73NO36. The van der Waals surface area contributed by atoms with Crippen LogP contribution in [-0.2, 0) is 75.9 Å². The molecule has 22 fully saturated rings. The van der Waals surface area contributed by atoms with Gasteiger partial charge < -0.3 is 168 Å². The summed E-state index contributed by atoms with van der Waals surface area (Å²) in [6.07, 6.45) is -72.3. The van der Waals surface area contributed by atoms with Crippen LogP contribution in [0.3, 0.4) is 0 Å². The summed E-state index contributed by atoms with van der Waals surface area (Å²) in [6.45, 7) is -7.22. The van der Waals surface area contributed by atoms with Crippen molar-refractivity contribution in [2.45, 2.75) is 228 Å². The number of nitrogens with zero attached hydrogens (tertiary/aromatic N) is 1. The molecule has 22 rings (SSSR count). The third kappa shape index (κ3) is 12.7. The van der Waals surface area contributed by atoms with Gasteiger partial charge in [0.2, 0.25) is 11.8 Å². The van der Waals surface area contributed by atoms with Gasteiger partial charge in [0, 0.05) is 12.8 Å². The van der Waals surface area contributed by atoms with Gasteiger partial charge in [0.05, 0.1) is 46.2 Å². The quantitative estimate of drug-likeness (QED) is 0.100. The van der Waals surface area contributed by atoms with Gasteiger partial charge in [0.25, 0.3) is 0 Å². The summed E-state index contributed by atoms with van der Waals surface area (Å²) in [4.78, 5) is 26.5. The van der Waals surface area contributed by atoms with E-state index in [-0.39, 0.29) is 12.8 Å². The molecule has 22 aliphatic rings. The lowest BCUT2D eigenvalue weighted by atomic mass is 9.95. The van der Waals surface area contributed by atoms with Gasteiger partial charge in [-0.15, -0.1) is 0 Å². The summed E-state index contributed by atoms with van der Waals surface area (Å²) in [5.74, 6) is -1.46. The smallest absolute Gasteiger partial charge is 0.229 e. The van der Waals surface area contributed by atoms with Crippen LogP contribution in [-0.4, -0.2) is 380 Å². The predicted molar refractivity (Wildman–Crippen MR) is 247 cm³/mol. The normalized spacial score (nSPS) is 53.3. The number of likely N-dealkylation sites (tertiary alicyclic amines) is 1. The number of aliphatic hydroxyl groups is 20. The highest BCUT2D eigenvalue weighted by atomic mass is 16.8. The highest BCUT2D eigenvalue weighted by Crippen LogP contribution is 2.39. The Hall–Kier alpha value is -2.22. The number of amides is 2. The van der Waals surface area contributed by atoms with Gasteiger partial charge in [0.1, 0.15) is 171 Å². The molecule has 20 N–H and O–H groups in total. The van der Waals surface area contributed by atoms with Crippen LogP contribution in [0, 0.1) is 0 Å². The van der Waals surface area contributed by atoms with Crippen LogP contribution in [0.15, 0.2) is 0 Å². The Kier molecular flexibility index (Phi) is 21.4. The molecule has 37 heteroatoms. The molecule has 22 aliphatic heterocycles. The lowest BCUT2D eigenvalue weighted by Gasteiger charge is -2.50. The molecule has 0 aromatic rings. The maximum atomic E-state index is 12.9. The molecule has 2 amide bonds. The molecule has 0 aromatic carbocycles. The molecule has 14 bridgehead atoms. The lowest BCUT2D eigenvalue weighted by Crippen LogP contribution is -2.68. The van der Waals surface area contributed by atoms with Crippen molar-refractivity contribution in [1.82, 2.24) is 4.90 Å². The second-order valence-corrected chi connectivity index (χ2v) is 21.4. The number of hydrogen-bond donors (Lipinski definition) is 20. The maximum Gasteiger partial charge on any atom is 0.229 e. The molecule has 22 saturated heterocycles. The standard InChI is InChI=1S/C46H73NO36/c48-4-11-34-21(58)28(65)42(72-11)80-36-13(6-50)74-44(30(67)23(36)60)82-38-15(8-52)76-46(32(69)25(38)62)83-39-16(9-53)75-45(31(68)24(39)61)81-37-14(7-51)73-43(29(66)22(37)59)79-35-12(5-49)71-41(27(64)20(35)57)77-33-10(3-47-17(54)1-2-18(47)55)70-40(78-34)26(63)19(33)56/h10-16,19-46,48-53,56-69H,1-9H2/t10-,11-,12-,13-,14-,15-,16-,19-,20-,21-,22-,23-,24-,25-,26-,27-,28+,29-,30+,31-,32-,33-,34-,35-,36-,37-,38-,39-,40-,41-,42-,43-,44-,45-,46-/m1/s1. The van der Waals surface area contributed by atoms with E-state index in [0.717, 1.165) is 0 Å². The number of carbonyl (C=O) groups is 2. The van der Waals surface area contributed by atoms with E-state index in [1.54, 1.807) is 0 Å². The number of aliphatic hydroxyl groups excluding tert-OH is 20. The number of ether oxygens (including phenoxy) is 14. The molecule has 35 atom stereocenters. The van der Waals surface area contributed by atoms with E-state index < -0.39 is 273 Å².